The summed E-state index contributed by atoms with van der Waals surface area (Å²) in [7, 11) is 0. The molecule has 0 bridgehead atoms. The van der Waals surface area contributed by atoms with Crippen molar-refractivity contribution in [2.45, 2.75) is 38.5 Å². The molecule has 27 heavy (non-hydrogen) atoms. The highest BCUT2D eigenvalue weighted by molar-refractivity contribution is 6.36. The fourth-order valence-electron chi connectivity index (χ4n) is 4.04. The second kappa shape index (κ2) is 5.80. The Morgan fingerprint density at radius 3 is 2.63 bits per heavy atom. The minimum absolute atomic E-state index is 0.677. The van der Waals surface area contributed by atoms with Gasteiger partial charge in [-0.2, -0.15) is 0 Å². The van der Waals surface area contributed by atoms with Crippen LogP contribution in [0.5, 0.6) is 0 Å². The van der Waals surface area contributed by atoms with Crippen LogP contribution >= 0.6 is 11.6 Å². The van der Waals surface area contributed by atoms with Crippen molar-refractivity contribution in [3.05, 3.63) is 47.1 Å². The Hall–Kier alpha value is -2.40. The lowest BCUT2D eigenvalue weighted by Crippen LogP contribution is -2.01. The summed E-state index contributed by atoms with van der Waals surface area (Å²) in [5.41, 5.74) is 5.47. The first-order valence-electron chi connectivity index (χ1n) is 9.75. The summed E-state index contributed by atoms with van der Waals surface area (Å²) in [6.45, 7) is 0. The molecule has 4 heterocycles. The van der Waals surface area contributed by atoms with Crippen LogP contribution in [0.1, 0.15) is 37.1 Å². The number of nitrogens with zero attached hydrogens (tertiary/aromatic N) is 4. The topological polar surface area (TPSA) is 58.9 Å². The molecule has 4 aliphatic rings. The van der Waals surface area contributed by atoms with Crippen molar-refractivity contribution in [2.24, 2.45) is 11.8 Å². The van der Waals surface area contributed by atoms with E-state index in [-0.39, 0.29) is 0 Å². The van der Waals surface area contributed by atoms with Gasteiger partial charge in [0, 0.05) is 41.7 Å². The number of nitrogens with one attached hydrogen (secondary N) is 1. The average Bonchev–Trinajstić information content (AvgIpc) is 3.57. The van der Waals surface area contributed by atoms with E-state index < -0.39 is 0 Å². The average molecular weight is 378 g/mol. The fourth-order valence-corrected chi connectivity index (χ4v) is 4.33. The number of fused-ring (bicyclic) bond motifs is 2. The monoisotopic (exact) mass is 377 g/mol. The third-order valence-corrected chi connectivity index (χ3v) is 6.31. The van der Waals surface area contributed by atoms with Crippen LogP contribution in [-0.2, 0) is 12.8 Å². The molecule has 2 saturated carbocycles. The van der Waals surface area contributed by atoms with E-state index in [0.29, 0.717) is 5.02 Å². The molecule has 6 rings (SSSR count). The van der Waals surface area contributed by atoms with Crippen molar-refractivity contribution in [1.82, 2.24) is 24.6 Å². The quantitative estimate of drug-likeness (QED) is 0.544. The smallest absolute Gasteiger partial charge is 0.180 e. The molecule has 0 aromatic carbocycles. The van der Waals surface area contributed by atoms with Gasteiger partial charge in [0.15, 0.2) is 5.65 Å². The number of aromatic amines is 1. The van der Waals surface area contributed by atoms with Crippen molar-refractivity contribution < 1.29 is 0 Å². The molecule has 1 N–H and O–H groups in total. The van der Waals surface area contributed by atoms with Crippen molar-refractivity contribution in [1.29, 1.82) is 0 Å². The molecular weight excluding hydrogens is 358 g/mol. The third kappa shape index (κ3) is 2.64. The van der Waals surface area contributed by atoms with Crippen LogP contribution < -0.4 is 0 Å². The predicted molar refractivity (Wildman–Crippen MR) is 105 cm³/mol. The molecule has 2 aliphatic carbocycles. The lowest BCUT2D eigenvalue weighted by atomic mass is 9.94. The number of hydrogen-bond donors (Lipinski definition) is 1. The van der Waals surface area contributed by atoms with Crippen LogP contribution in [0.25, 0.3) is 28.2 Å². The maximum absolute atomic E-state index is 6.84. The molecular formula is C21H20ClN5. The molecule has 0 amide bonds. The Morgan fingerprint density at radius 2 is 1.81 bits per heavy atom. The van der Waals surface area contributed by atoms with E-state index in [9.17, 15) is 0 Å². The van der Waals surface area contributed by atoms with Gasteiger partial charge in [-0.3, -0.25) is 4.40 Å². The van der Waals surface area contributed by atoms with Gasteiger partial charge in [-0.1, -0.05) is 11.6 Å². The normalized spacial score (nSPS) is 17.2. The molecule has 0 unspecified atom stereocenters. The second-order valence-corrected chi connectivity index (χ2v) is 8.41. The lowest BCUT2D eigenvalue weighted by Gasteiger charge is -2.15. The molecule has 0 radical (unpaired) electrons. The second-order valence-electron chi connectivity index (χ2n) is 8.04. The van der Waals surface area contributed by atoms with Gasteiger partial charge >= 0.3 is 0 Å². The molecule has 136 valence electrons. The summed E-state index contributed by atoms with van der Waals surface area (Å²) in [6.07, 6.45) is 13.3. The Morgan fingerprint density at radius 1 is 1.00 bits per heavy atom. The van der Waals surface area contributed by atoms with E-state index in [1.54, 1.807) is 0 Å². The molecule has 5 nitrogen and oxygen atoms in total. The first kappa shape index (κ1) is 15.6. The summed E-state index contributed by atoms with van der Waals surface area (Å²) >= 11 is 6.84. The number of rotatable bonds is 5. The zero-order chi connectivity index (χ0) is 18.0. The van der Waals surface area contributed by atoms with Gasteiger partial charge in [0.25, 0.3) is 0 Å². The fraction of sp³-hybridized carbons (Fsp3) is 0.381. The van der Waals surface area contributed by atoms with Gasteiger partial charge < -0.3 is 4.98 Å². The third-order valence-electron chi connectivity index (χ3n) is 5.94. The summed E-state index contributed by atoms with van der Waals surface area (Å²) < 4.78 is 2.05. The minimum Gasteiger partial charge on any atom is -0.346 e. The zero-order valence-corrected chi connectivity index (χ0v) is 15.7. The highest BCUT2D eigenvalue weighted by atomic mass is 35.5. The standard InChI is InChI=1S/C21H20ClN5/c22-19-14(6-8-27-18(10-13-3-4-13)25-26-21(19)27)17-11-24-20-15(5-7-23-20)16(17)9-12-1-2-12/h5-8,11-13H,1-4,9-10H2,(H,23,24). The van der Waals surface area contributed by atoms with Gasteiger partial charge in [0.2, 0.25) is 0 Å². The van der Waals surface area contributed by atoms with E-state index >= 15 is 0 Å². The van der Waals surface area contributed by atoms with Crippen LogP contribution in [0.15, 0.2) is 30.7 Å². The highest BCUT2D eigenvalue weighted by Gasteiger charge is 2.28. The van der Waals surface area contributed by atoms with Gasteiger partial charge in [0.1, 0.15) is 11.6 Å². The van der Waals surface area contributed by atoms with E-state index in [1.165, 1.54) is 36.8 Å². The largest absolute Gasteiger partial charge is 0.346 e. The Bertz CT molecular complexity index is 1120. The molecule has 2 fully saturated rings. The molecule has 6 heteroatoms. The Kier molecular flexibility index (Phi) is 3.36. The van der Waals surface area contributed by atoms with Crippen LogP contribution in [0.4, 0.5) is 0 Å². The number of aromatic nitrogens is 5. The maximum atomic E-state index is 6.84. The molecule has 0 spiro atoms. The summed E-state index contributed by atoms with van der Waals surface area (Å²) in [5.74, 6) is 3.51. The van der Waals surface area contributed by atoms with E-state index in [0.717, 1.165) is 53.1 Å². The van der Waals surface area contributed by atoms with Crippen molar-refractivity contribution in [3.63, 3.8) is 0 Å². The summed E-state index contributed by atoms with van der Waals surface area (Å²) in [4.78, 5) is 7.77. The maximum Gasteiger partial charge on any atom is 0.180 e. The van der Waals surface area contributed by atoms with Gasteiger partial charge in [0.05, 0.1) is 5.02 Å². The Balaban J connectivity index is 1.51. The van der Waals surface area contributed by atoms with E-state index in [2.05, 4.69) is 42.9 Å². The van der Waals surface area contributed by atoms with Crippen LogP contribution in [0.2, 0.25) is 5.02 Å². The SMILES string of the molecule is Clc1c(-c2c[nH]c3nccc-3c2CC2CC2)ccn2c(CC3CC3)nnc12. The van der Waals surface area contributed by atoms with E-state index in [1.807, 2.05) is 12.4 Å². The van der Waals surface area contributed by atoms with Gasteiger partial charge in [-0.25, -0.2) is 4.98 Å². The molecule has 0 saturated heterocycles. The summed E-state index contributed by atoms with van der Waals surface area (Å²) in [5, 5.41) is 9.48. The number of pyridine rings is 2. The number of halogens is 1. The van der Waals surface area contributed by atoms with Crippen molar-refractivity contribution in [2.75, 3.05) is 0 Å². The zero-order valence-electron chi connectivity index (χ0n) is 15.0. The molecule has 2 aliphatic heterocycles. The highest BCUT2D eigenvalue weighted by Crippen LogP contribution is 2.42. The Labute approximate surface area is 162 Å². The number of hydrogen-bond acceptors (Lipinski definition) is 3. The van der Waals surface area contributed by atoms with Crippen LogP contribution in [0, 0.1) is 11.8 Å². The van der Waals surface area contributed by atoms with Crippen molar-refractivity contribution in [3.8, 4) is 22.5 Å². The lowest BCUT2D eigenvalue weighted by molar-refractivity contribution is 0.758. The predicted octanol–water partition coefficient (Wildman–Crippen LogP) is 4.78. The minimum atomic E-state index is 0.677. The van der Waals surface area contributed by atoms with E-state index in [4.69, 9.17) is 11.6 Å². The van der Waals surface area contributed by atoms with Crippen molar-refractivity contribution >= 4 is 17.2 Å². The molecule has 2 aromatic heterocycles. The summed E-state index contributed by atoms with van der Waals surface area (Å²) in [6, 6.07) is 4.21. The van der Waals surface area contributed by atoms with Crippen LogP contribution in [0.3, 0.4) is 0 Å². The van der Waals surface area contributed by atoms with Gasteiger partial charge in [-0.15, -0.1) is 10.2 Å². The first-order valence-corrected chi connectivity index (χ1v) is 10.1. The van der Waals surface area contributed by atoms with Gasteiger partial charge in [-0.05, 0) is 61.6 Å². The number of H-pyrrole nitrogens is 1. The molecule has 2 aromatic rings. The van der Waals surface area contributed by atoms with Crippen LogP contribution in [-0.4, -0.2) is 24.6 Å². The molecule has 0 atom stereocenters. The first-order chi connectivity index (χ1) is 13.3.